The van der Waals surface area contributed by atoms with Crippen molar-refractivity contribution in [2.45, 2.75) is 32.8 Å². The molecule has 0 aliphatic heterocycles. The van der Waals surface area contributed by atoms with Gasteiger partial charge in [0.1, 0.15) is 0 Å². The molecule has 15 heavy (non-hydrogen) atoms. The van der Waals surface area contributed by atoms with E-state index in [2.05, 4.69) is 11.9 Å². The first-order valence-electron chi connectivity index (χ1n) is 5.24. The molecule has 0 spiro atoms. The van der Waals surface area contributed by atoms with E-state index < -0.39 is 0 Å². The SMILES string of the molecule is C=C(C)C(=O)NCCCC(C)OCCO. The lowest BCUT2D eigenvalue weighted by atomic mass is 10.2. The van der Waals surface area contributed by atoms with Crippen LogP contribution in [-0.4, -0.2) is 36.9 Å². The van der Waals surface area contributed by atoms with Crippen molar-refractivity contribution in [2.24, 2.45) is 0 Å². The fraction of sp³-hybridized carbons (Fsp3) is 0.727. The fourth-order valence-corrected chi connectivity index (χ4v) is 1.08. The molecule has 0 aliphatic rings. The molecule has 2 N–H and O–H groups in total. The van der Waals surface area contributed by atoms with Gasteiger partial charge in [-0.1, -0.05) is 6.58 Å². The van der Waals surface area contributed by atoms with Gasteiger partial charge in [-0.3, -0.25) is 4.79 Å². The number of hydrogen-bond acceptors (Lipinski definition) is 3. The molecular formula is C11H21NO3. The summed E-state index contributed by atoms with van der Waals surface area (Å²) < 4.78 is 5.27. The number of amides is 1. The van der Waals surface area contributed by atoms with Crippen molar-refractivity contribution in [3.05, 3.63) is 12.2 Å². The van der Waals surface area contributed by atoms with Gasteiger partial charge in [-0.2, -0.15) is 0 Å². The first kappa shape index (κ1) is 14.1. The Morgan fingerprint density at radius 3 is 2.80 bits per heavy atom. The van der Waals surface area contributed by atoms with Crippen LogP contribution in [0.3, 0.4) is 0 Å². The lowest BCUT2D eigenvalue weighted by molar-refractivity contribution is -0.117. The largest absolute Gasteiger partial charge is 0.394 e. The molecule has 0 radical (unpaired) electrons. The van der Waals surface area contributed by atoms with E-state index in [0.717, 1.165) is 12.8 Å². The van der Waals surface area contributed by atoms with Gasteiger partial charge in [0, 0.05) is 12.1 Å². The summed E-state index contributed by atoms with van der Waals surface area (Å²) in [7, 11) is 0. The predicted molar refractivity (Wildman–Crippen MR) is 59.6 cm³/mol. The second-order valence-corrected chi connectivity index (χ2v) is 3.58. The van der Waals surface area contributed by atoms with Crippen LogP contribution in [0.25, 0.3) is 0 Å². The summed E-state index contributed by atoms with van der Waals surface area (Å²) in [4.78, 5) is 11.1. The number of aliphatic hydroxyl groups is 1. The van der Waals surface area contributed by atoms with Crippen molar-refractivity contribution in [1.82, 2.24) is 5.32 Å². The van der Waals surface area contributed by atoms with Crippen LogP contribution in [0.1, 0.15) is 26.7 Å². The minimum Gasteiger partial charge on any atom is -0.394 e. The minimum absolute atomic E-state index is 0.0523. The van der Waals surface area contributed by atoms with Crippen LogP contribution in [0.15, 0.2) is 12.2 Å². The zero-order valence-electron chi connectivity index (χ0n) is 9.58. The molecule has 0 saturated carbocycles. The number of carbonyl (C=O) groups excluding carboxylic acids is 1. The Labute approximate surface area is 91.3 Å². The van der Waals surface area contributed by atoms with E-state index >= 15 is 0 Å². The van der Waals surface area contributed by atoms with E-state index in [9.17, 15) is 4.79 Å². The van der Waals surface area contributed by atoms with Gasteiger partial charge in [-0.15, -0.1) is 0 Å². The minimum atomic E-state index is -0.0982. The van der Waals surface area contributed by atoms with Crippen molar-refractivity contribution < 1.29 is 14.6 Å². The lowest BCUT2D eigenvalue weighted by Gasteiger charge is -2.12. The van der Waals surface area contributed by atoms with Crippen LogP contribution >= 0.6 is 0 Å². The van der Waals surface area contributed by atoms with Gasteiger partial charge in [0.05, 0.1) is 19.3 Å². The summed E-state index contributed by atoms with van der Waals surface area (Å²) >= 11 is 0. The van der Waals surface area contributed by atoms with Gasteiger partial charge in [0.15, 0.2) is 0 Å². The number of rotatable bonds is 8. The maximum absolute atomic E-state index is 11.1. The smallest absolute Gasteiger partial charge is 0.246 e. The number of ether oxygens (including phenoxy) is 1. The molecule has 0 saturated heterocycles. The first-order chi connectivity index (χ1) is 7.07. The summed E-state index contributed by atoms with van der Waals surface area (Å²) in [6.07, 6.45) is 1.86. The Bertz CT molecular complexity index is 204. The molecule has 1 atom stereocenters. The summed E-state index contributed by atoms with van der Waals surface area (Å²) in [5.41, 5.74) is 0.527. The maximum atomic E-state index is 11.1. The monoisotopic (exact) mass is 215 g/mol. The molecule has 1 amide bonds. The summed E-state index contributed by atoms with van der Waals surface area (Å²) in [5.74, 6) is -0.0982. The van der Waals surface area contributed by atoms with Crippen molar-refractivity contribution in [2.75, 3.05) is 19.8 Å². The van der Waals surface area contributed by atoms with E-state index in [-0.39, 0.29) is 18.6 Å². The van der Waals surface area contributed by atoms with Crippen molar-refractivity contribution in [1.29, 1.82) is 0 Å². The second-order valence-electron chi connectivity index (χ2n) is 3.58. The molecule has 1 unspecified atom stereocenters. The molecule has 0 fully saturated rings. The van der Waals surface area contributed by atoms with Crippen LogP contribution in [0.4, 0.5) is 0 Å². The number of hydrogen-bond donors (Lipinski definition) is 2. The average molecular weight is 215 g/mol. The highest BCUT2D eigenvalue weighted by Gasteiger charge is 2.03. The van der Waals surface area contributed by atoms with Crippen LogP contribution in [0.5, 0.6) is 0 Å². The molecule has 88 valence electrons. The highest BCUT2D eigenvalue weighted by atomic mass is 16.5. The molecule has 0 aromatic heterocycles. The van der Waals surface area contributed by atoms with Gasteiger partial charge in [0.2, 0.25) is 5.91 Å². The van der Waals surface area contributed by atoms with E-state index in [1.165, 1.54) is 0 Å². The molecule has 4 nitrogen and oxygen atoms in total. The predicted octanol–water partition coefficient (Wildman–Crippen LogP) is 0.856. The van der Waals surface area contributed by atoms with E-state index in [1.807, 2.05) is 6.92 Å². The van der Waals surface area contributed by atoms with Crippen LogP contribution < -0.4 is 5.32 Å². The molecule has 0 aromatic rings. The summed E-state index contributed by atoms with van der Waals surface area (Å²) in [5, 5.41) is 11.3. The van der Waals surface area contributed by atoms with Crippen molar-refractivity contribution in [3.63, 3.8) is 0 Å². The zero-order chi connectivity index (χ0) is 11.7. The molecule has 4 heteroatoms. The van der Waals surface area contributed by atoms with Crippen molar-refractivity contribution >= 4 is 5.91 Å². The topological polar surface area (TPSA) is 58.6 Å². The van der Waals surface area contributed by atoms with Gasteiger partial charge in [-0.25, -0.2) is 0 Å². The van der Waals surface area contributed by atoms with E-state index in [0.29, 0.717) is 18.7 Å². The Balaban J connectivity index is 3.37. The highest BCUT2D eigenvalue weighted by molar-refractivity contribution is 5.91. The number of carbonyl (C=O) groups is 1. The quantitative estimate of drug-likeness (QED) is 0.466. The molecule has 0 rings (SSSR count). The van der Waals surface area contributed by atoms with Gasteiger partial charge in [0.25, 0.3) is 0 Å². The third-order valence-electron chi connectivity index (χ3n) is 1.95. The number of aliphatic hydroxyl groups excluding tert-OH is 1. The highest BCUT2D eigenvalue weighted by Crippen LogP contribution is 2.00. The number of nitrogens with one attached hydrogen (secondary N) is 1. The van der Waals surface area contributed by atoms with E-state index in [1.54, 1.807) is 6.92 Å². The molecule has 0 aliphatic carbocycles. The van der Waals surface area contributed by atoms with Crippen molar-refractivity contribution in [3.8, 4) is 0 Å². The Morgan fingerprint density at radius 2 is 2.27 bits per heavy atom. The fourth-order valence-electron chi connectivity index (χ4n) is 1.08. The standard InChI is InChI=1S/C11H21NO3/c1-9(2)11(14)12-6-4-5-10(3)15-8-7-13/h10,13H,1,4-8H2,2-3H3,(H,12,14). The third-order valence-corrected chi connectivity index (χ3v) is 1.95. The summed E-state index contributed by atoms with van der Waals surface area (Å²) in [6.45, 7) is 8.25. The normalized spacial score (nSPS) is 12.2. The van der Waals surface area contributed by atoms with Crippen LogP contribution in [0, 0.1) is 0 Å². The lowest BCUT2D eigenvalue weighted by Crippen LogP contribution is -2.25. The molecular weight excluding hydrogens is 194 g/mol. The Kier molecular flexibility index (Phi) is 7.95. The maximum Gasteiger partial charge on any atom is 0.246 e. The van der Waals surface area contributed by atoms with Gasteiger partial charge < -0.3 is 15.2 Å². The van der Waals surface area contributed by atoms with Crippen LogP contribution in [-0.2, 0) is 9.53 Å². The van der Waals surface area contributed by atoms with E-state index in [4.69, 9.17) is 9.84 Å². The first-order valence-corrected chi connectivity index (χ1v) is 5.24. The average Bonchev–Trinajstić information content (AvgIpc) is 2.20. The Hall–Kier alpha value is -0.870. The Morgan fingerprint density at radius 1 is 1.60 bits per heavy atom. The summed E-state index contributed by atoms with van der Waals surface area (Å²) in [6, 6.07) is 0. The molecule has 0 heterocycles. The van der Waals surface area contributed by atoms with Crippen LogP contribution in [0.2, 0.25) is 0 Å². The molecule has 0 bridgehead atoms. The third kappa shape index (κ3) is 8.15. The van der Waals surface area contributed by atoms with Gasteiger partial charge >= 0.3 is 0 Å². The zero-order valence-corrected chi connectivity index (χ0v) is 9.58. The second kappa shape index (κ2) is 8.44. The molecule has 0 aromatic carbocycles. The van der Waals surface area contributed by atoms with Gasteiger partial charge in [-0.05, 0) is 26.7 Å².